The number of nitrogen functional groups attached to an aromatic ring is 1. The number of hydrogen-bond donors (Lipinski definition) is 1. The Bertz CT molecular complexity index is 593. The van der Waals surface area contributed by atoms with Gasteiger partial charge in [-0.15, -0.1) is 0 Å². The highest BCUT2D eigenvalue weighted by Crippen LogP contribution is 2.30. The van der Waals surface area contributed by atoms with Gasteiger partial charge < -0.3 is 5.73 Å². The summed E-state index contributed by atoms with van der Waals surface area (Å²) in [5.41, 5.74) is 7.88. The molecular formula is C12H12Cl2IN3. The molecule has 0 fully saturated rings. The maximum atomic E-state index is 6.08. The fourth-order valence-electron chi connectivity index (χ4n) is 1.61. The monoisotopic (exact) mass is 395 g/mol. The average Bonchev–Trinajstić information content (AvgIpc) is 2.60. The number of hydrogen-bond acceptors (Lipinski definition) is 2. The highest BCUT2D eigenvalue weighted by atomic mass is 127. The molecule has 2 aromatic rings. The van der Waals surface area contributed by atoms with Crippen LogP contribution in [0.15, 0.2) is 18.2 Å². The summed E-state index contributed by atoms with van der Waals surface area (Å²) in [6, 6.07) is 5.34. The minimum absolute atomic E-state index is 0.322. The van der Waals surface area contributed by atoms with Crippen LogP contribution in [0.3, 0.4) is 0 Å². The lowest BCUT2D eigenvalue weighted by Gasteiger charge is -2.05. The summed E-state index contributed by atoms with van der Waals surface area (Å²) < 4.78 is 2.67. The predicted molar refractivity (Wildman–Crippen MR) is 84.8 cm³/mol. The minimum Gasteiger partial charge on any atom is -0.383 e. The van der Waals surface area contributed by atoms with Crippen molar-refractivity contribution in [2.45, 2.75) is 19.8 Å². The molecule has 1 aromatic carbocycles. The molecular weight excluding hydrogens is 384 g/mol. The Balaban J connectivity index is 2.57. The van der Waals surface area contributed by atoms with Crippen molar-refractivity contribution in [2.24, 2.45) is 0 Å². The van der Waals surface area contributed by atoms with Crippen LogP contribution in [0.5, 0.6) is 0 Å². The second kappa shape index (κ2) is 5.27. The third-order valence-electron chi connectivity index (χ3n) is 2.58. The molecule has 0 unspecified atom stereocenters. The second-order valence-corrected chi connectivity index (χ2v) is 6.14. The van der Waals surface area contributed by atoms with E-state index in [9.17, 15) is 0 Å². The first-order valence-corrected chi connectivity index (χ1v) is 7.24. The lowest BCUT2D eigenvalue weighted by molar-refractivity contribution is 0.769. The number of rotatable bonds is 2. The molecule has 0 spiro atoms. The van der Waals surface area contributed by atoms with Crippen LogP contribution in [0.1, 0.15) is 25.5 Å². The zero-order chi connectivity index (χ0) is 13.4. The summed E-state index contributed by atoms with van der Waals surface area (Å²) in [5, 5.41) is 5.54. The van der Waals surface area contributed by atoms with E-state index in [1.165, 1.54) is 0 Å². The largest absolute Gasteiger partial charge is 0.383 e. The summed E-state index contributed by atoms with van der Waals surface area (Å²) in [6.07, 6.45) is 0. The van der Waals surface area contributed by atoms with Gasteiger partial charge in [0.05, 0.1) is 25.0 Å². The Kier molecular flexibility index (Phi) is 4.08. The maximum Gasteiger partial charge on any atom is 0.141 e. The van der Waals surface area contributed by atoms with Crippen molar-refractivity contribution in [3.8, 4) is 5.69 Å². The molecule has 0 radical (unpaired) electrons. The van der Waals surface area contributed by atoms with Gasteiger partial charge in [0.2, 0.25) is 0 Å². The summed E-state index contributed by atoms with van der Waals surface area (Å²) in [6.45, 7) is 4.17. The molecule has 0 saturated carbocycles. The molecule has 0 bridgehead atoms. The van der Waals surface area contributed by atoms with Crippen molar-refractivity contribution < 1.29 is 0 Å². The molecule has 1 heterocycles. The van der Waals surface area contributed by atoms with Crippen LogP contribution in [0.25, 0.3) is 5.69 Å². The molecule has 0 amide bonds. The van der Waals surface area contributed by atoms with Crippen molar-refractivity contribution in [1.29, 1.82) is 0 Å². The Labute approximate surface area is 129 Å². The fraction of sp³-hybridized carbons (Fsp3) is 0.250. The van der Waals surface area contributed by atoms with Gasteiger partial charge in [0, 0.05) is 0 Å². The van der Waals surface area contributed by atoms with Gasteiger partial charge in [-0.1, -0.05) is 37.0 Å². The first kappa shape index (κ1) is 14.0. The molecule has 0 atom stereocenters. The van der Waals surface area contributed by atoms with Crippen LogP contribution in [-0.4, -0.2) is 9.78 Å². The Morgan fingerprint density at radius 1 is 1.28 bits per heavy atom. The van der Waals surface area contributed by atoms with Gasteiger partial charge in [0.1, 0.15) is 5.82 Å². The molecule has 0 aliphatic rings. The van der Waals surface area contributed by atoms with Crippen LogP contribution in [0.4, 0.5) is 5.82 Å². The van der Waals surface area contributed by atoms with E-state index in [-0.39, 0.29) is 0 Å². The van der Waals surface area contributed by atoms with Crippen molar-refractivity contribution in [2.75, 3.05) is 5.73 Å². The van der Waals surface area contributed by atoms with Crippen LogP contribution < -0.4 is 5.73 Å². The Morgan fingerprint density at radius 2 is 1.94 bits per heavy atom. The van der Waals surface area contributed by atoms with Crippen LogP contribution in [0, 0.1) is 3.57 Å². The highest BCUT2D eigenvalue weighted by Gasteiger charge is 2.17. The van der Waals surface area contributed by atoms with Gasteiger partial charge in [-0.2, -0.15) is 5.10 Å². The molecule has 3 nitrogen and oxygen atoms in total. The molecule has 18 heavy (non-hydrogen) atoms. The lowest BCUT2D eigenvalue weighted by atomic mass is 10.1. The van der Waals surface area contributed by atoms with E-state index < -0.39 is 0 Å². The summed E-state index contributed by atoms with van der Waals surface area (Å²) >= 11 is 14.1. The topological polar surface area (TPSA) is 43.8 Å². The Morgan fingerprint density at radius 3 is 2.44 bits per heavy atom. The van der Waals surface area contributed by atoms with Crippen molar-refractivity contribution >= 4 is 51.6 Å². The van der Waals surface area contributed by atoms with Gasteiger partial charge in [0.25, 0.3) is 0 Å². The first-order valence-electron chi connectivity index (χ1n) is 5.41. The SMILES string of the molecule is CC(C)c1nn(-c2ccc(Cl)c(Cl)c2)c(N)c1I. The summed E-state index contributed by atoms with van der Waals surface area (Å²) in [7, 11) is 0. The van der Waals surface area contributed by atoms with Gasteiger partial charge >= 0.3 is 0 Å². The Hall–Kier alpha value is -0.460. The molecule has 0 aliphatic heterocycles. The molecule has 0 saturated heterocycles. The smallest absolute Gasteiger partial charge is 0.141 e. The van der Waals surface area contributed by atoms with E-state index in [1.54, 1.807) is 16.8 Å². The van der Waals surface area contributed by atoms with Gasteiger partial charge in [-0.3, -0.25) is 0 Å². The van der Waals surface area contributed by atoms with E-state index in [4.69, 9.17) is 28.9 Å². The average molecular weight is 396 g/mol. The highest BCUT2D eigenvalue weighted by molar-refractivity contribution is 14.1. The number of halogens is 3. The molecule has 0 aliphatic carbocycles. The number of nitrogens with two attached hydrogens (primary N) is 1. The van der Waals surface area contributed by atoms with E-state index >= 15 is 0 Å². The zero-order valence-corrected chi connectivity index (χ0v) is 13.6. The fourth-order valence-corrected chi connectivity index (χ4v) is 2.86. The standard InChI is InChI=1S/C12H12Cl2IN3/c1-6(2)11-10(15)12(16)18(17-11)7-3-4-8(13)9(14)5-7/h3-6H,16H2,1-2H3. The van der Waals surface area contributed by atoms with Crippen LogP contribution in [-0.2, 0) is 0 Å². The van der Waals surface area contributed by atoms with E-state index in [0.29, 0.717) is 21.8 Å². The van der Waals surface area contributed by atoms with Crippen molar-refractivity contribution in [1.82, 2.24) is 9.78 Å². The third-order valence-corrected chi connectivity index (χ3v) is 4.42. The summed E-state index contributed by atoms with van der Waals surface area (Å²) in [4.78, 5) is 0. The second-order valence-electron chi connectivity index (χ2n) is 4.25. The van der Waals surface area contributed by atoms with Crippen molar-refractivity contribution in [3.63, 3.8) is 0 Å². The van der Waals surface area contributed by atoms with Crippen molar-refractivity contribution in [3.05, 3.63) is 37.5 Å². The van der Waals surface area contributed by atoms with E-state index in [0.717, 1.165) is 15.0 Å². The number of nitrogens with zero attached hydrogens (tertiary/aromatic N) is 2. The zero-order valence-electron chi connectivity index (χ0n) is 9.92. The lowest BCUT2D eigenvalue weighted by Crippen LogP contribution is -2.02. The third kappa shape index (κ3) is 2.46. The molecule has 96 valence electrons. The quantitative estimate of drug-likeness (QED) is 0.761. The molecule has 2 rings (SSSR count). The summed E-state index contributed by atoms with van der Waals surface area (Å²) in [5.74, 6) is 0.945. The van der Waals surface area contributed by atoms with E-state index in [1.807, 2.05) is 6.07 Å². The van der Waals surface area contributed by atoms with Gasteiger partial charge in [-0.05, 0) is 46.7 Å². The van der Waals surface area contributed by atoms with Crippen LogP contribution in [0.2, 0.25) is 10.0 Å². The molecule has 1 aromatic heterocycles. The van der Waals surface area contributed by atoms with Gasteiger partial charge in [-0.25, -0.2) is 4.68 Å². The minimum atomic E-state index is 0.322. The predicted octanol–water partition coefficient (Wildman–Crippen LogP) is 4.49. The number of benzene rings is 1. The first-order chi connectivity index (χ1) is 8.41. The number of aromatic nitrogens is 2. The normalized spacial score (nSPS) is 11.2. The maximum absolute atomic E-state index is 6.08. The number of anilines is 1. The molecule has 2 N–H and O–H groups in total. The van der Waals surface area contributed by atoms with E-state index in [2.05, 4.69) is 41.5 Å². The van der Waals surface area contributed by atoms with Crippen LogP contribution >= 0.6 is 45.8 Å². The molecule has 6 heteroatoms. The van der Waals surface area contributed by atoms with Gasteiger partial charge in [0.15, 0.2) is 0 Å².